The lowest BCUT2D eigenvalue weighted by atomic mass is 9.98. The van der Waals surface area contributed by atoms with E-state index in [0.29, 0.717) is 19.8 Å². The highest BCUT2D eigenvalue weighted by Gasteiger charge is 2.51. The molecule has 5 nitrogen and oxygen atoms in total. The Morgan fingerprint density at radius 2 is 1.29 bits per heavy atom. The molecule has 0 saturated carbocycles. The number of thioether (sulfide) groups is 1. The van der Waals surface area contributed by atoms with Crippen LogP contribution in [0.5, 0.6) is 0 Å². The van der Waals surface area contributed by atoms with Crippen LogP contribution in [-0.4, -0.2) is 42.7 Å². The Balaban J connectivity index is 1.39. The van der Waals surface area contributed by atoms with Gasteiger partial charge in [0, 0.05) is 5.56 Å². The number of ether oxygens (including phenoxy) is 5. The molecule has 0 radical (unpaired) electrons. The molecule has 0 amide bonds. The van der Waals surface area contributed by atoms with E-state index in [2.05, 4.69) is 24.3 Å². The van der Waals surface area contributed by atoms with Crippen molar-refractivity contribution < 1.29 is 23.7 Å². The van der Waals surface area contributed by atoms with Crippen LogP contribution < -0.4 is 0 Å². The van der Waals surface area contributed by atoms with Crippen molar-refractivity contribution >= 4 is 11.8 Å². The van der Waals surface area contributed by atoms with Gasteiger partial charge in [-0.25, -0.2) is 0 Å². The molecular formula is C28H30O5S. The Hall–Kier alpha value is -2.19. The summed E-state index contributed by atoms with van der Waals surface area (Å²) in [6, 6.07) is 30.4. The van der Waals surface area contributed by atoms with Crippen molar-refractivity contribution in [2.45, 2.75) is 49.4 Å². The average Bonchev–Trinajstić information content (AvgIpc) is 2.91. The molecule has 178 valence electrons. The first-order valence-electron chi connectivity index (χ1n) is 11.6. The Morgan fingerprint density at radius 1 is 0.735 bits per heavy atom. The van der Waals surface area contributed by atoms with Crippen LogP contribution in [0.15, 0.2) is 91.0 Å². The molecule has 0 N–H and O–H groups in total. The van der Waals surface area contributed by atoms with Gasteiger partial charge in [-0.05, 0) is 17.4 Å². The molecule has 0 aliphatic carbocycles. The van der Waals surface area contributed by atoms with E-state index in [4.69, 9.17) is 23.7 Å². The Labute approximate surface area is 205 Å². The first-order chi connectivity index (χ1) is 16.8. The fraction of sp³-hybridized carbons (Fsp3) is 0.357. The fourth-order valence-electron chi connectivity index (χ4n) is 4.42. The summed E-state index contributed by atoms with van der Waals surface area (Å²) in [6.07, 6.45) is 0.427. The second-order valence-corrected chi connectivity index (χ2v) is 9.41. The first-order valence-corrected chi connectivity index (χ1v) is 12.9. The fourth-order valence-corrected chi connectivity index (χ4v) is 5.17. The van der Waals surface area contributed by atoms with E-state index in [0.717, 1.165) is 16.7 Å². The largest absolute Gasteiger partial charge is 0.368 e. The van der Waals surface area contributed by atoms with Gasteiger partial charge >= 0.3 is 0 Å². The molecule has 3 unspecified atom stereocenters. The molecule has 0 bridgehead atoms. The maximum atomic E-state index is 6.56. The van der Waals surface area contributed by atoms with Gasteiger partial charge in [-0.2, -0.15) is 0 Å². The van der Waals surface area contributed by atoms with E-state index >= 15 is 0 Å². The molecule has 2 fully saturated rings. The van der Waals surface area contributed by atoms with E-state index in [1.807, 2.05) is 73.0 Å². The minimum atomic E-state index is -0.463. The Bertz CT molecular complexity index is 997. The molecule has 6 heteroatoms. The van der Waals surface area contributed by atoms with Gasteiger partial charge in [0.15, 0.2) is 6.29 Å². The third-order valence-corrected chi connectivity index (χ3v) is 7.00. The number of benzene rings is 3. The molecule has 2 saturated heterocycles. The number of hydrogen-bond donors (Lipinski definition) is 0. The van der Waals surface area contributed by atoms with Crippen molar-refractivity contribution in [2.75, 3.05) is 12.9 Å². The van der Waals surface area contributed by atoms with Crippen molar-refractivity contribution in [3.8, 4) is 0 Å². The van der Waals surface area contributed by atoms with Crippen molar-refractivity contribution in [2.24, 2.45) is 0 Å². The van der Waals surface area contributed by atoms with Crippen LogP contribution in [0, 0.1) is 0 Å². The highest BCUT2D eigenvalue weighted by molar-refractivity contribution is 7.99. The summed E-state index contributed by atoms with van der Waals surface area (Å²) in [7, 11) is 0. The molecule has 3 aromatic carbocycles. The summed E-state index contributed by atoms with van der Waals surface area (Å²) in [5.74, 6) is 0. The van der Waals surface area contributed by atoms with Crippen molar-refractivity contribution in [3.05, 3.63) is 108 Å². The van der Waals surface area contributed by atoms with Crippen LogP contribution in [0.3, 0.4) is 0 Å². The van der Waals surface area contributed by atoms with Gasteiger partial charge in [-0.15, -0.1) is 11.8 Å². The number of rotatable bonds is 8. The van der Waals surface area contributed by atoms with Crippen LogP contribution >= 0.6 is 11.8 Å². The molecule has 2 aliphatic heterocycles. The normalized spacial score (nSPS) is 28.9. The summed E-state index contributed by atoms with van der Waals surface area (Å²) in [6.45, 7) is 1.40. The summed E-state index contributed by atoms with van der Waals surface area (Å²) in [5, 5.41) is 0. The lowest BCUT2D eigenvalue weighted by Gasteiger charge is -2.49. The topological polar surface area (TPSA) is 46.2 Å². The predicted octanol–water partition coefficient (Wildman–Crippen LogP) is 5.36. The molecule has 0 aromatic heterocycles. The Morgan fingerprint density at radius 3 is 1.88 bits per heavy atom. The van der Waals surface area contributed by atoms with E-state index in [1.54, 1.807) is 11.8 Å². The van der Waals surface area contributed by atoms with Crippen LogP contribution in [0.2, 0.25) is 0 Å². The number of hydrogen-bond acceptors (Lipinski definition) is 6. The summed E-state index contributed by atoms with van der Waals surface area (Å²) in [5.41, 5.74) is 3.02. The SMILES string of the molecule is CS[C@@H]1OC2COC(c3ccccc3)O[C@@H]2[C@H](OCc2ccccc2)C1OCc1ccccc1. The van der Waals surface area contributed by atoms with E-state index in [1.165, 1.54) is 0 Å². The molecular weight excluding hydrogens is 448 g/mol. The summed E-state index contributed by atoms with van der Waals surface area (Å²) >= 11 is 1.63. The smallest absolute Gasteiger partial charge is 0.184 e. The zero-order valence-electron chi connectivity index (χ0n) is 19.2. The maximum Gasteiger partial charge on any atom is 0.184 e. The second-order valence-electron chi connectivity index (χ2n) is 8.48. The predicted molar refractivity (Wildman–Crippen MR) is 132 cm³/mol. The van der Waals surface area contributed by atoms with E-state index in [9.17, 15) is 0 Å². The first kappa shape index (κ1) is 23.5. The third-order valence-electron chi connectivity index (χ3n) is 6.16. The van der Waals surface area contributed by atoms with Crippen molar-refractivity contribution in [1.29, 1.82) is 0 Å². The van der Waals surface area contributed by atoms with Crippen molar-refractivity contribution in [1.82, 2.24) is 0 Å². The lowest BCUT2D eigenvalue weighted by molar-refractivity contribution is -0.329. The molecule has 34 heavy (non-hydrogen) atoms. The maximum absolute atomic E-state index is 6.56. The van der Waals surface area contributed by atoms with Gasteiger partial charge in [-0.3, -0.25) is 0 Å². The van der Waals surface area contributed by atoms with Gasteiger partial charge in [-0.1, -0.05) is 91.0 Å². The average molecular weight is 479 g/mol. The van der Waals surface area contributed by atoms with Crippen LogP contribution in [0.4, 0.5) is 0 Å². The monoisotopic (exact) mass is 478 g/mol. The molecule has 0 spiro atoms. The van der Waals surface area contributed by atoms with E-state index in [-0.39, 0.29) is 29.9 Å². The third kappa shape index (κ3) is 5.54. The minimum Gasteiger partial charge on any atom is -0.368 e. The zero-order chi connectivity index (χ0) is 23.2. The highest BCUT2D eigenvalue weighted by Crippen LogP contribution is 2.39. The summed E-state index contributed by atoms with van der Waals surface area (Å²) < 4.78 is 32.0. The van der Waals surface area contributed by atoms with Crippen molar-refractivity contribution in [3.63, 3.8) is 0 Å². The molecule has 5 rings (SSSR count). The van der Waals surface area contributed by atoms with Gasteiger partial charge < -0.3 is 23.7 Å². The second kappa shape index (κ2) is 11.5. The Kier molecular flexibility index (Phi) is 7.96. The quantitative estimate of drug-likeness (QED) is 0.434. The molecule has 3 aromatic rings. The van der Waals surface area contributed by atoms with Gasteiger partial charge in [0.1, 0.15) is 29.9 Å². The van der Waals surface area contributed by atoms with Gasteiger partial charge in [0.25, 0.3) is 0 Å². The minimum absolute atomic E-state index is 0.189. The van der Waals surface area contributed by atoms with Gasteiger partial charge in [0.05, 0.1) is 19.8 Å². The highest BCUT2D eigenvalue weighted by atomic mass is 32.2. The number of fused-ring (bicyclic) bond motifs is 1. The molecule has 2 heterocycles. The van der Waals surface area contributed by atoms with Crippen LogP contribution in [0.25, 0.3) is 0 Å². The van der Waals surface area contributed by atoms with E-state index < -0.39 is 6.29 Å². The molecule has 2 aliphatic rings. The van der Waals surface area contributed by atoms with Crippen LogP contribution in [-0.2, 0) is 36.9 Å². The molecule has 6 atom stereocenters. The summed E-state index contributed by atoms with van der Waals surface area (Å²) in [4.78, 5) is 0. The standard InChI is InChI=1S/C28H30O5S/c1-34-28-26(30-18-21-13-7-3-8-14-21)25(29-17-20-11-5-2-6-12-20)24-23(32-28)19-31-27(33-24)22-15-9-4-10-16-22/h2-16,23-28H,17-19H2,1H3/t23?,24-,25-,26?,27?,28-/m0/s1. The lowest BCUT2D eigenvalue weighted by Crippen LogP contribution is -2.62. The van der Waals surface area contributed by atoms with Crippen LogP contribution in [0.1, 0.15) is 23.0 Å². The van der Waals surface area contributed by atoms with Gasteiger partial charge in [0.2, 0.25) is 0 Å². The zero-order valence-corrected chi connectivity index (χ0v) is 20.0.